The zero-order valence-electron chi connectivity index (χ0n) is 16.8. The molecule has 2 rings (SSSR count). The summed E-state index contributed by atoms with van der Waals surface area (Å²) in [7, 11) is -3.29. The smallest absolute Gasteiger partial charge is 0.310 e. The standard InChI is InChI=1S/C20H31N3O4S/c1-3-21-20(23-14-8-10-17(16-23)19(24)27-4-2)22-13-9-15-28(25,26)18-11-6-5-7-12-18/h5-7,11-12,17H,3-4,8-10,13-16H2,1-2H3,(H,21,22). The van der Waals surface area contributed by atoms with Gasteiger partial charge < -0.3 is 15.0 Å². The van der Waals surface area contributed by atoms with Crippen molar-refractivity contribution in [2.75, 3.05) is 38.5 Å². The third-order valence-corrected chi connectivity index (χ3v) is 6.43. The Hall–Kier alpha value is -2.09. The zero-order valence-corrected chi connectivity index (χ0v) is 17.6. The van der Waals surface area contributed by atoms with Crippen LogP contribution in [0.3, 0.4) is 0 Å². The lowest BCUT2D eigenvalue weighted by molar-refractivity contribution is -0.149. The van der Waals surface area contributed by atoms with E-state index in [1.807, 2.05) is 13.8 Å². The predicted molar refractivity (Wildman–Crippen MR) is 110 cm³/mol. The van der Waals surface area contributed by atoms with Gasteiger partial charge in [-0.15, -0.1) is 0 Å². The fourth-order valence-corrected chi connectivity index (χ4v) is 4.55. The predicted octanol–water partition coefficient (Wildman–Crippen LogP) is 2.09. The second kappa shape index (κ2) is 11.0. The van der Waals surface area contributed by atoms with Crippen molar-refractivity contribution in [3.8, 4) is 0 Å². The van der Waals surface area contributed by atoms with Gasteiger partial charge in [0.05, 0.1) is 23.2 Å². The second-order valence-electron chi connectivity index (χ2n) is 6.76. The maximum atomic E-state index is 12.4. The first-order valence-electron chi connectivity index (χ1n) is 9.95. The molecule has 1 aromatic carbocycles. The number of carbonyl (C=O) groups is 1. The molecule has 0 amide bonds. The molecule has 0 aliphatic carbocycles. The first-order valence-corrected chi connectivity index (χ1v) is 11.6. The summed E-state index contributed by atoms with van der Waals surface area (Å²) in [5.74, 6) is 0.493. The van der Waals surface area contributed by atoms with Crippen LogP contribution in [0.1, 0.15) is 33.1 Å². The number of ether oxygens (including phenoxy) is 1. The molecule has 0 saturated carbocycles. The first kappa shape index (κ1) is 22.2. The second-order valence-corrected chi connectivity index (χ2v) is 8.87. The number of hydrogen-bond acceptors (Lipinski definition) is 5. The number of benzene rings is 1. The van der Waals surface area contributed by atoms with Crippen LogP contribution in [0.5, 0.6) is 0 Å². The summed E-state index contributed by atoms with van der Waals surface area (Å²) in [6.07, 6.45) is 2.17. The van der Waals surface area contributed by atoms with Crippen LogP contribution >= 0.6 is 0 Å². The van der Waals surface area contributed by atoms with Crippen molar-refractivity contribution in [3.05, 3.63) is 30.3 Å². The van der Waals surface area contributed by atoms with Crippen molar-refractivity contribution in [1.82, 2.24) is 10.2 Å². The van der Waals surface area contributed by atoms with E-state index in [0.717, 1.165) is 25.3 Å². The molecular formula is C20H31N3O4S. The highest BCUT2D eigenvalue weighted by atomic mass is 32.2. The minimum absolute atomic E-state index is 0.0609. The molecule has 8 heteroatoms. The van der Waals surface area contributed by atoms with Crippen molar-refractivity contribution in [2.24, 2.45) is 10.9 Å². The van der Waals surface area contributed by atoms with Crippen LogP contribution in [0.25, 0.3) is 0 Å². The molecule has 1 unspecified atom stereocenters. The Morgan fingerprint density at radius 2 is 2.04 bits per heavy atom. The summed E-state index contributed by atoms with van der Waals surface area (Å²) >= 11 is 0. The fraction of sp³-hybridized carbons (Fsp3) is 0.600. The molecule has 1 aliphatic rings. The number of carbonyl (C=O) groups excluding carboxylic acids is 1. The van der Waals surface area contributed by atoms with E-state index in [-0.39, 0.29) is 17.6 Å². The molecule has 1 heterocycles. The van der Waals surface area contributed by atoms with Gasteiger partial charge in [0, 0.05) is 26.2 Å². The van der Waals surface area contributed by atoms with Gasteiger partial charge in [-0.2, -0.15) is 0 Å². The van der Waals surface area contributed by atoms with E-state index in [1.165, 1.54) is 0 Å². The summed E-state index contributed by atoms with van der Waals surface area (Å²) in [5, 5.41) is 3.25. The van der Waals surface area contributed by atoms with Crippen molar-refractivity contribution in [3.63, 3.8) is 0 Å². The molecular weight excluding hydrogens is 378 g/mol. The van der Waals surface area contributed by atoms with Crippen LogP contribution < -0.4 is 5.32 Å². The van der Waals surface area contributed by atoms with E-state index in [2.05, 4.69) is 15.2 Å². The molecule has 1 aliphatic heterocycles. The molecule has 0 aromatic heterocycles. The fourth-order valence-electron chi connectivity index (χ4n) is 3.23. The molecule has 1 saturated heterocycles. The Bertz CT molecular complexity index is 750. The molecule has 0 radical (unpaired) electrons. The Balaban J connectivity index is 1.93. The molecule has 1 fully saturated rings. The molecule has 1 aromatic rings. The molecule has 28 heavy (non-hydrogen) atoms. The van der Waals surface area contributed by atoms with Crippen molar-refractivity contribution >= 4 is 21.8 Å². The number of likely N-dealkylation sites (tertiary alicyclic amines) is 1. The van der Waals surface area contributed by atoms with Gasteiger partial charge in [-0.1, -0.05) is 18.2 Å². The summed E-state index contributed by atoms with van der Waals surface area (Å²) in [6.45, 7) is 6.71. The highest BCUT2D eigenvalue weighted by Gasteiger charge is 2.28. The Morgan fingerprint density at radius 1 is 1.29 bits per heavy atom. The Labute approximate surface area is 168 Å². The number of nitrogens with zero attached hydrogens (tertiary/aromatic N) is 2. The van der Waals surface area contributed by atoms with E-state index in [0.29, 0.717) is 37.6 Å². The average molecular weight is 410 g/mol. The summed E-state index contributed by atoms with van der Waals surface area (Å²) < 4.78 is 29.9. The van der Waals surface area contributed by atoms with Crippen molar-refractivity contribution in [1.29, 1.82) is 0 Å². The van der Waals surface area contributed by atoms with E-state index < -0.39 is 9.84 Å². The number of sulfone groups is 1. The van der Waals surface area contributed by atoms with Crippen LogP contribution in [0, 0.1) is 5.92 Å². The topological polar surface area (TPSA) is 88.1 Å². The van der Waals surface area contributed by atoms with Gasteiger partial charge in [0.25, 0.3) is 0 Å². The Kier molecular flexibility index (Phi) is 8.76. The number of aliphatic imine (C=N–C) groups is 1. The van der Waals surface area contributed by atoms with E-state index in [9.17, 15) is 13.2 Å². The highest BCUT2D eigenvalue weighted by molar-refractivity contribution is 7.91. The van der Waals surface area contributed by atoms with E-state index >= 15 is 0 Å². The quantitative estimate of drug-likeness (QED) is 0.306. The zero-order chi connectivity index (χ0) is 20.4. The van der Waals surface area contributed by atoms with E-state index in [4.69, 9.17) is 4.74 Å². The number of guanidine groups is 1. The molecule has 7 nitrogen and oxygen atoms in total. The molecule has 0 spiro atoms. The SMILES string of the molecule is CCNC(=NCCCS(=O)(=O)c1ccccc1)N1CCCC(C(=O)OCC)C1. The van der Waals surface area contributed by atoms with Crippen LogP contribution in [-0.2, 0) is 19.4 Å². The molecule has 156 valence electrons. The van der Waals surface area contributed by atoms with Crippen LogP contribution in [0.15, 0.2) is 40.2 Å². The maximum Gasteiger partial charge on any atom is 0.310 e. The number of esters is 1. The number of hydrogen-bond donors (Lipinski definition) is 1. The minimum Gasteiger partial charge on any atom is -0.466 e. The lowest BCUT2D eigenvalue weighted by atomic mass is 9.98. The minimum atomic E-state index is -3.29. The Morgan fingerprint density at radius 3 is 2.71 bits per heavy atom. The van der Waals surface area contributed by atoms with E-state index in [1.54, 1.807) is 30.3 Å². The lowest BCUT2D eigenvalue weighted by Crippen LogP contribution is -2.48. The normalized spacial score (nSPS) is 18.0. The largest absolute Gasteiger partial charge is 0.466 e. The van der Waals surface area contributed by atoms with Gasteiger partial charge in [0.1, 0.15) is 0 Å². The van der Waals surface area contributed by atoms with Crippen LogP contribution in [0.2, 0.25) is 0 Å². The number of nitrogens with one attached hydrogen (secondary N) is 1. The van der Waals surface area contributed by atoms with Gasteiger partial charge >= 0.3 is 5.97 Å². The van der Waals surface area contributed by atoms with Gasteiger partial charge in [-0.3, -0.25) is 9.79 Å². The molecule has 1 atom stereocenters. The maximum absolute atomic E-state index is 12.4. The monoisotopic (exact) mass is 409 g/mol. The molecule has 0 bridgehead atoms. The van der Waals surface area contributed by atoms with Gasteiger partial charge in [-0.05, 0) is 45.2 Å². The lowest BCUT2D eigenvalue weighted by Gasteiger charge is -2.34. The third-order valence-electron chi connectivity index (χ3n) is 4.61. The van der Waals surface area contributed by atoms with Crippen molar-refractivity contribution in [2.45, 2.75) is 38.0 Å². The summed E-state index contributed by atoms with van der Waals surface area (Å²) in [5.41, 5.74) is 0. The van der Waals surface area contributed by atoms with Gasteiger partial charge in [0.15, 0.2) is 15.8 Å². The van der Waals surface area contributed by atoms with Gasteiger partial charge in [0.2, 0.25) is 0 Å². The molecule has 1 N–H and O–H groups in total. The first-order chi connectivity index (χ1) is 13.5. The summed E-state index contributed by atoms with van der Waals surface area (Å²) in [6, 6.07) is 8.49. The number of rotatable bonds is 8. The highest BCUT2D eigenvalue weighted by Crippen LogP contribution is 2.18. The van der Waals surface area contributed by atoms with Crippen LogP contribution in [0.4, 0.5) is 0 Å². The third kappa shape index (κ3) is 6.51. The number of piperidine rings is 1. The summed E-state index contributed by atoms with van der Waals surface area (Å²) in [4.78, 5) is 19.1. The van der Waals surface area contributed by atoms with Gasteiger partial charge in [-0.25, -0.2) is 8.42 Å². The average Bonchev–Trinajstić information content (AvgIpc) is 2.71. The van der Waals surface area contributed by atoms with Crippen LogP contribution in [-0.4, -0.2) is 63.8 Å². The van der Waals surface area contributed by atoms with Crippen molar-refractivity contribution < 1.29 is 17.9 Å².